The molecule has 0 bridgehead atoms. The summed E-state index contributed by atoms with van der Waals surface area (Å²) in [6.07, 6.45) is 0.982. The van der Waals surface area contributed by atoms with Crippen LogP contribution < -0.4 is 10.0 Å². The number of nitrogens with zero attached hydrogens (tertiary/aromatic N) is 1. The molecule has 0 spiro atoms. The van der Waals surface area contributed by atoms with E-state index in [4.69, 9.17) is 0 Å². The van der Waals surface area contributed by atoms with Crippen molar-refractivity contribution < 1.29 is 12.8 Å². The Morgan fingerprint density at radius 2 is 2.05 bits per heavy atom. The van der Waals surface area contributed by atoms with Gasteiger partial charge in [-0.15, -0.1) is 11.3 Å². The van der Waals surface area contributed by atoms with Gasteiger partial charge in [0.15, 0.2) is 0 Å². The lowest BCUT2D eigenvalue weighted by atomic mass is 10.2. The van der Waals surface area contributed by atoms with Crippen molar-refractivity contribution >= 4 is 32.7 Å². The third-order valence-corrected chi connectivity index (χ3v) is 4.38. The van der Waals surface area contributed by atoms with E-state index in [1.165, 1.54) is 12.1 Å². The van der Waals surface area contributed by atoms with Crippen molar-refractivity contribution in [2.75, 3.05) is 16.3 Å². The predicted octanol–water partition coefficient (Wildman–Crippen LogP) is 2.88. The van der Waals surface area contributed by atoms with Gasteiger partial charge in [0.05, 0.1) is 29.2 Å². The fourth-order valence-corrected chi connectivity index (χ4v) is 3.27. The average molecular weight is 329 g/mol. The molecule has 114 valence electrons. The van der Waals surface area contributed by atoms with Gasteiger partial charge < -0.3 is 5.32 Å². The smallest absolute Gasteiger partial charge is 0.229 e. The topological polar surface area (TPSA) is 71.1 Å². The van der Waals surface area contributed by atoms with Gasteiger partial charge in [-0.1, -0.05) is 0 Å². The number of anilines is 2. The minimum Gasteiger partial charge on any atom is -0.380 e. The molecular formula is C13H16FN3O2S2. The van der Waals surface area contributed by atoms with Crippen LogP contribution in [0.25, 0.3) is 0 Å². The Bertz CT molecular complexity index is 757. The number of benzene rings is 1. The molecule has 2 aromatic rings. The van der Waals surface area contributed by atoms with E-state index in [0.717, 1.165) is 21.8 Å². The molecule has 0 unspecified atom stereocenters. The summed E-state index contributed by atoms with van der Waals surface area (Å²) in [5, 5.41) is 4.13. The molecule has 2 rings (SSSR count). The first kappa shape index (κ1) is 15.7. The van der Waals surface area contributed by atoms with Crippen LogP contribution in [0.3, 0.4) is 0 Å². The third-order valence-electron chi connectivity index (χ3n) is 2.71. The highest BCUT2D eigenvalue weighted by Crippen LogP contribution is 2.23. The standard InChI is InChI=1S/C13H16FN3O2S2/c1-8-13(20-9(2)16-8)7-15-10-4-5-11(14)12(6-10)17-21(3,18)19/h4-6,15,17H,7H2,1-3H3. The molecule has 0 aliphatic rings. The van der Waals surface area contributed by atoms with Crippen LogP contribution in [0.15, 0.2) is 18.2 Å². The predicted molar refractivity (Wildman–Crippen MR) is 83.8 cm³/mol. The summed E-state index contributed by atoms with van der Waals surface area (Å²) in [5.41, 5.74) is 1.52. The van der Waals surface area contributed by atoms with Crippen LogP contribution in [0.4, 0.5) is 15.8 Å². The monoisotopic (exact) mass is 329 g/mol. The zero-order chi connectivity index (χ0) is 15.6. The molecule has 1 aromatic heterocycles. The van der Waals surface area contributed by atoms with Crippen LogP contribution in [0.1, 0.15) is 15.6 Å². The fraction of sp³-hybridized carbons (Fsp3) is 0.308. The molecule has 1 heterocycles. The normalized spacial score (nSPS) is 11.4. The lowest BCUT2D eigenvalue weighted by Gasteiger charge is -2.10. The summed E-state index contributed by atoms with van der Waals surface area (Å²) in [7, 11) is -3.51. The van der Waals surface area contributed by atoms with Crippen molar-refractivity contribution in [2.24, 2.45) is 0 Å². The van der Waals surface area contributed by atoms with Crippen molar-refractivity contribution in [1.82, 2.24) is 4.98 Å². The van der Waals surface area contributed by atoms with E-state index in [0.29, 0.717) is 12.2 Å². The SMILES string of the molecule is Cc1nc(C)c(CNc2ccc(F)c(NS(C)(=O)=O)c2)s1. The van der Waals surface area contributed by atoms with Crippen molar-refractivity contribution in [3.63, 3.8) is 0 Å². The number of nitrogens with one attached hydrogen (secondary N) is 2. The molecule has 0 saturated heterocycles. The lowest BCUT2D eigenvalue weighted by Crippen LogP contribution is -2.11. The lowest BCUT2D eigenvalue weighted by molar-refractivity contribution is 0.604. The number of rotatable bonds is 5. The number of halogens is 1. The molecule has 0 atom stereocenters. The van der Waals surface area contributed by atoms with Gasteiger partial charge >= 0.3 is 0 Å². The van der Waals surface area contributed by atoms with Gasteiger partial charge in [0.1, 0.15) is 5.82 Å². The van der Waals surface area contributed by atoms with E-state index >= 15 is 0 Å². The summed E-state index contributed by atoms with van der Waals surface area (Å²) < 4.78 is 38.1. The Hall–Kier alpha value is -1.67. The first-order valence-corrected chi connectivity index (χ1v) is 8.89. The average Bonchev–Trinajstić information content (AvgIpc) is 2.67. The zero-order valence-electron chi connectivity index (χ0n) is 11.9. The molecule has 8 heteroatoms. The molecule has 21 heavy (non-hydrogen) atoms. The van der Waals surface area contributed by atoms with E-state index in [1.54, 1.807) is 17.4 Å². The minimum absolute atomic E-state index is 0.0697. The Balaban J connectivity index is 2.14. The van der Waals surface area contributed by atoms with E-state index in [1.807, 2.05) is 13.8 Å². The van der Waals surface area contributed by atoms with Crippen molar-refractivity contribution in [2.45, 2.75) is 20.4 Å². The van der Waals surface area contributed by atoms with Crippen LogP contribution >= 0.6 is 11.3 Å². The second-order valence-electron chi connectivity index (χ2n) is 4.66. The highest BCUT2D eigenvalue weighted by atomic mass is 32.2. The van der Waals surface area contributed by atoms with Gasteiger partial charge in [-0.25, -0.2) is 17.8 Å². The van der Waals surface area contributed by atoms with Gasteiger partial charge in [0.2, 0.25) is 10.0 Å². The van der Waals surface area contributed by atoms with E-state index < -0.39 is 15.8 Å². The molecule has 0 radical (unpaired) electrons. The molecular weight excluding hydrogens is 313 g/mol. The molecule has 0 aliphatic carbocycles. The number of hydrogen-bond acceptors (Lipinski definition) is 5. The van der Waals surface area contributed by atoms with Gasteiger partial charge in [0.25, 0.3) is 0 Å². The van der Waals surface area contributed by atoms with Crippen LogP contribution in [0, 0.1) is 19.7 Å². The van der Waals surface area contributed by atoms with Crippen LogP contribution in [0.5, 0.6) is 0 Å². The molecule has 5 nitrogen and oxygen atoms in total. The molecule has 0 saturated carbocycles. The van der Waals surface area contributed by atoms with Crippen molar-refractivity contribution in [1.29, 1.82) is 0 Å². The molecule has 0 amide bonds. The second kappa shape index (κ2) is 5.98. The maximum atomic E-state index is 13.6. The summed E-state index contributed by atoms with van der Waals surface area (Å²) in [5.74, 6) is -0.615. The van der Waals surface area contributed by atoms with Crippen molar-refractivity contribution in [3.8, 4) is 0 Å². The largest absolute Gasteiger partial charge is 0.380 e. The number of sulfonamides is 1. The fourth-order valence-electron chi connectivity index (χ4n) is 1.83. The zero-order valence-corrected chi connectivity index (χ0v) is 13.5. The van der Waals surface area contributed by atoms with Crippen LogP contribution in [0.2, 0.25) is 0 Å². The summed E-state index contributed by atoms with van der Waals surface area (Å²) in [4.78, 5) is 5.42. The summed E-state index contributed by atoms with van der Waals surface area (Å²) in [6, 6.07) is 4.21. The molecule has 2 N–H and O–H groups in total. The highest BCUT2D eigenvalue weighted by Gasteiger charge is 2.09. The molecule has 0 fully saturated rings. The first-order chi connectivity index (χ1) is 9.74. The van der Waals surface area contributed by atoms with Crippen molar-refractivity contribution in [3.05, 3.63) is 39.6 Å². The van der Waals surface area contributed by atoms with Gasteiger partial charge in [-0.3, -0.25) is 4.72 Å². The molecule has 1 aromatic carbocycles. The van der Waals surface area contributed by atoms with E-state index in [9.17, 15) is 12.8 Å². The highest BCUT2D eigenvalue weighted by molar-refractivity contribution is 7.92. The van der Waals surface area contributed by atoms with Gasteiger partial charge in [-0.05, 0) is 32.0 Å². The number of hydrogen-bond donors (Lipinski definition) is 2. The Labute approximate surface area is 127 Å². The number of aromatic nitrogens is 1. The Morgan fingerprint density at radius 1 is 1.33 bits per heavy atom. The van der Waals surface area contributed by atoms with Gasteiger partial charge in [0, 0.05) is 10.6 Å². The number of aryl methyl sites for hydroxylation is 2. The quantitative estimate of drug-likeness (QED) is 0.885. The number of thiazole rings is 1. The summed E-state index contributed by atoms with van der Waals surface area (Å²) >= 11 is 1.59. The maximum Gasteiger partial charge on any atom is 0.229 e. The maximum absolute atomic E-state index is 13.6. The minimum atomic E-state index is -3.51. The summed E-state index contributed by atoms with van der Waals surface area (Å²) in [6.45, 7) is 4.43. The van der Waals surface area contributed by atoms with Crippen LogP contribution in [-0.4, -0.2) is 19.7 Å². The van der Waals surface area contributed by atoms with Crippen LogP contribution in [-0.2, 0) is 16.6 Å². The Morgan fingerprint density at radius 3 is 2.62 bits per heavy atom. The Kier molecular flexibility index (Phi) is 4.48. The van der Waals surface area contributed by atoms with E-state index in [2.05, 4.69) is 15.0 Å². The molecule has 0 aliphatic heterocycles. The second-order valence-corrected chi connectivity index (χ2v) is 7.70. The third kappa shape index (κ3) is 4.40. The van der Waals surface area contributed by atoms with Gasteiger partial charge in [-0.2, -0.15) is 0 Å². The van der Waals surface area contributed by atoms with E-state index in [-0.39, 0.29) is 5.69 Å². The first-order valence-electron chi connectivity index (χ1n) is 6.19.